The molecule has 8 heteroatoms. The Hall–Kier alpha value is -2.61. The maximum Gasteiger partial charge on any atom is 0.234 e. The van der Waals surface area contributed by atoms with Crippen LogP contribution in [0.5, 0.6) is 0 Å². The fourth-order valence-corrected chi connectivity index (χ4v) is 2.59. The number of aliphatic hydroxyl groups is 1. The summed E-state index contributed by atoms with van der Waals surface area (Å²) in [5, 5.41) is 15.0. The molecule has 2 aromatic rings. The number of halogens is 2. The third-order valence-corrected chi connectivity index (χ3v) is 3.73. The first-order valence-electron chi connectivity index (χ1n) is 6.97. The minimum atomic E-state index is -1.03. The lowest BCUT2D eigenvalue weighted by molar-refractivity contribution is -0.134. The minimum absolute atomic E-state index is 0.0378. The van der Waals surface area contributed by atoms with E-state index in [9.17, 15) is 18.4 Å². The molecule has 6 nitrogen and oxygen atoms in total. The van der Waals surface area contributed by atoms with Crippen LogP contribution in [0.15, 0.2) is 24.5 Å². The van der Waals surface area contributed by atoms with Crippen molar-refractivity contribution < 1.29 is 23.5 Å². The molecule has 0 spiro atoms. The van der Waals surface area contributed by atoms with E-state index in [0.717, 1.165) is 12.1 Å². The normalized spacial score (nSPS) is 18.1. The number of amides is 2. The van der Waals surface area contributed by atoms with Gasteiger partial charge in [0.25, 0.3) is 0 Å². The van der Waals surface area contributed by atoms with Crippen LogP contribution in [0.25, 0.3) is 5.69 Å². The summed E-state index contributed by atoms with van der Waals surface area (Å²) in [6.07, 6.45) is 2.92. The van der Waals surface area contributed by atoms with Gasteiger partial charge in [-0.05, 0) is 6.42 Å². The molecule has 2 heterocycles. The van der Waals surface area contributed by atoms with E-state index in [1.807, 2.05) is 0 Å². The van der Waals surface area contributed by atoms with Gasteiger partial charge in [-0.1, -0.05) is 0 Å². The highest BCUT2D eigenvalue weighted by Gasteiger charge is 2.32. The Balaban J connectivity index is 1.97. The van der Waals surface area contributed by atoms with Crippen LogP contribution in [0.3, 0.4) is 0 Å². The first kappa shape index (κ1) is 15.3. The second-order valence-corrected chi connectivity index (χ2v) is 5.28. The van der Waals surface area contributed by atoms with E-state index in [2.05, 4.69) is 10.4 Å². The zero-order chi connectivity index (χ0) is 16.6. The average Bonchev–Trinajstić information content (AvgIpc) is 2.97. The zero-order valence-electron chi connectivity index (χ0n) is 11.9. The molecule has 0 bridgehead atoms. The molecule has 120 valence electrons. The van der Waals surface area contributed by atoms with Crippen LogP contribution in [0, 0.1) is 11.6 Å². The number of aromatic nitrogens is 2. The van der Waals surface area contributed by atoms with Gasteiger partial charge in [-0.25, -0.2) is 13.5 Å². The molecule has 2 amide bonds. The predicted molar refractivity (Wildman–Crippen MR) is 74.5 cm³/mol. The summed E-state index contributed by atoms with van der Waals surface area (Å²) < 4.78 is 29.9. The van der Waals surface area contributed by atoms with Crippen LogP contribution < -0.4 is 5.32 Å². The number of imide groups is 1. The fraction of sp³-hybridized carbons (Fsp3) is 0.267. The molecule has 0 aliphatic carbocycles. The number of hydrogen-bond donors (Lipinski definition) is 2. The van der Waals surface area contributed by atoms with Crippen molar-refractivity contribution >= 4 is 11.8 Å². The summed E-state index contributed by atoms with van der Waals surface area (Å²) in [7, 11) is 0. The third-order valence-electron chi connectivity index (χ3n) is 3.73. The van der Waals surface area contributed by atoms with Gasteiger partial charge >= 0.3 is 0 Å². The van der Waals surface area contributed by atoms with E-state index in [1.54, 1.807) is 0 Å². The molecule has 1 saturated heterocycles. The van der Waals surface area contributed by atoms with E-state index >= 15 is 0 Å². The summed E-state index contributed by atoms with van der Waals surface area (Å²) in [6, 6.07) is 2.13. The lowest BCUT2D eigenvalue weighted by atomic mass is 9.89. The molecule has 0 unspecified atom stereocenters. The number of nitrogens with zero attached hydrogens (tertiary/aromatic N) is 2. The maximum absolute atomic E-state index is 14.3. The quantitative estimate of drug-likeness (QED) is 0.831. The molecule has 2 N–H and O–H groups in total. The van der Waals surface area contributed by atoms with Crippen molar-refractivity contribution in [1.82, 2.24) is 15.1 Å². The van der Waals surface area contributed by atoms with E-state index < -0.39 is 29.4 Å². The van der Waals surface area contributed by atoms with Gasteiger partial charge in [0.05, 0.1) is 24.4 Å². The van der Waals surface area contributed by atoms with Gasteiger partial charge in [-0.15, -0.1) is 0 Å². The second kappa shape index (κ2) is 5.88. The minimum Gasteiger partial charge on any atom is -0.392 e. The number of rotatable bonds is 3. The molecule has 3 rings (SSSR count). The van der Waals surface area contributed by atoms with E-state index in [1.165, 1.54) is 17.1 Å². The maximum atomic E-state index is 14.3. The van der Waals surface area contributed by atoms with Gasteiger partial charge in [-0.3, -0.25) is 14.9 Å². The lowest BCUT2D eigenvalue weighted by Gasteiger charge is -2.22. The van der Waals surface area contributed by atoms with Gasteiger partial charge in [-0.2, -0.15) is 5.10 Å². The Morgan fingerprint density at radius 3 is 2.57 bits per heavy atom. The van der Waals surface area contributed by atoms with Gasteiger partial charge in [0.1, 0.15) is 11.6 Å². The molecule has 1 fully saturated rings. The standard InChI is InChI=1S/C15H13F2N3O3/c16-11-3-9(20-6-8(7-21)5-18-20)4-12(17)14(11)10-1-2-13(22)19-15(10)23/h3-6,10,21H,1-2,7H2,(H,19,22,23)/t10-/m1/s1. The summed E-state index contributed by atoms with van der Waals surface area (Å²) >= 11 is 0. The Kier molecular flexibility index (Phi) is 3.91. The van der Waals surface area contributed by atoms with Crippen molar-refractivity contribution in [2.75, 3.05) is 0 Å². The van der Waals surface area contributed by atoms with Crippen molar-refractivity contribution in [3.8, 4) is 5.69 Å². The summed E-state index contributed by atoms with van der Waals surface area (Å²) in [5.74, 6) is -3.94. The number of carbonyl (C=O) groups is 2. The molecule has 1 atom stereocenters. The predicted octanol–water partition coefficient (Wildman–Crippen LogP) is 1.16. The first-order chi connectivity index (χ1) is 11.0. The molecule has 23 heavy (non-hydrogen) atoms. The number of hydrogen-bond acceptors (Lipinski definition) is 4. The summed E-state index contributed by atoms with van der Waals surface area (Å²) in [6.45, 7) is -0.237. The largest absolute Gasteiger partial charge is 0.392 e. The SMILES string of the molecule is O=C1CC[C@H](c2c(F)cc(-n3cc(CO)cn3)cc2F)C(=O)N1. The summed E-state index contributed by atoms with van der Waals surface area (Å²) in [5.41, 5.74) is 0.282. The van der Waals surface area contributed by atoms with Crippen molar-refractivity contribution in [2.24, 2.45) is 0 Å². The van der Waals surface area contributed by atoms with Crippen LogP contribution in [-0.4, -0.2) is 26.7 Å². The highest BCUT2D eigenvalue weighted by atomic mass is 19.1. The fourth-order valence-electron chi connectivity index (χ4n) is 2.59. The van der Waals surface area contributed by atoms with E-state index in [4.69, 9.17) is 5.11 Å². The van der Waals surface area contributed by atoms with E-state index in [0.29, 0.717) is 5.56 Å². The van der Waals surface area contributed by atoms with Gasteiger partial charge in [0.2, 0.25) is 11.8 Å². The number of piperidine rings is 1. The van der Waals surface area contributed by atoms with Crippen LogP contribution >= 0.6 is 0 Å². The Morgan fingerprint density at radius 2 is 2.00 bits per heavy atom. The Labute approximate surface area is 129 Å². The molecule has 1 aliphatic rings. The van der Waals surface area contributed by atoms with Gasteiger partial charge < -0.3 is 5.11 Å². The van der Waals surface area contributed by atoms with Crippen LogP contribution in [-0.2, 0) is 16.2 Å². The molecular formula is C15H13F2N3O3. The second-order valence-electron chi connectivity index (χ2n) is 5.28. The van der Waals surface area contributed by atoms with Crippen molar-refractivity contribution in [1.29, 1.82) is 0 Å². The van der Waals surface area contributed by atoms with E-state index in [-0.39, 0.29) is 30.7 Å². The highest BCUT2D eigenvalue weighted by Crippen LogP contribution is 2.30. The average molecular weight is 321 g/mol. The van der Waals surface area contributed by atoms with Crippen LogP contribution in [0.4, 0.5) is 8.78 Å². The van der Waals surface area contributed by atoms with Gasteiger partial charge in [0, 0.05) is 35.9 Å². The number of benzene rings is 1. The molecular weight excluding hydrogens is 308 g/mol. The smallest absolute Gasteiger partial charge is 0.234 e. The molecule has 1 aliphatic heterocycles. The topological polar surface area (TPSA) is 84.2 Å². The molecule has 0 saturated carbocycles. The number of nitrogens with one attached hydrogen (secondary N) is 1. The zero-order valence-corrected chi connectivity index (χ0v) is 11.9. The first-order valence-corrected chi connectivity index (χ1v) is 6.97. The molecule has 0 radical (unpaired) electrons. The number of carbonyl (C=O) groups excluding carboxylic acids is 2. The van der Waals surface area contributed by atoms with Crippen molar-refractivity contribution in [3.05, 3.63) is 47.3 Å². The third kappa shape index (κ3) is 2.85. The van der Waals surface area contributed by atoms with Crippen molar-refractivity contribution in [2.45, 2.75) is 25.4 Å². The van der Waals surface area contributed by atoms with Gasteiger partial charge in [0.15, 0.2) is 0 Å². The Morgan fingerprint density at radius 1 is 1.30 bits per heavy atom. The van der Waals surface area contributed by atoms with Crippen molar-refractivity contribution in [3.63, 3.8) is 0 Å². The molecule has 1 aromatic heterocycles. The molecule has 1 aromatic carbocycles. The lowest BCUT2D eigenvalue weighted by Crippen LogP contribution is -2.40. The highest BCUT2D eigenvalue weighted by molar-refractivity contribution is 6.01. The monoisotopic (exact) mass is 321 g/mol. The van der Waals surface area contributed by atoms with Crippen LogP contribution in [0.1, 0.15) is 29.9 Å². The number of aliphatic hydroxyl groups excluding tert-OH is 1. The summed E-state index contributed by atoms with van der Waals surface area (Å²) in [4.78, 5) is 22.9. The Bertz CT molecular complexity index is 765. The van der Waals surface area contributed by atoms with Crippen LogP contribution in [0.2, 0.25) is 0 Å².